The first-order chi connectivity index (χ1) is 11.6. The van der Waals surface area contributed by atoms with Crippen LogP contribution in [0.25, 0.3) is 10.2 Å². The first-order valence-electron chi connectivity index (χ1n) is 7.23. The fourth-order valence-electron chi connectivity index (χ4n) is 2.62. The Morgan fingerprint density at radius 1 is 1.29 bits per heavy atom. The number of nitrogens with zero attached hydrogens (tertiary/aromatic N) is 2. The van der Waals surface area contributed by atoms with Crippen LogP contribution in [0.2, 0.25) is 0 Å². The van der Waals surface area contributed by atoms with Crippen LogP contribution < -0.4 is 4.90 Å². The monoisotopic (exact) mass is 360 g/mol. The maximum Gasteiger partial charge on any atom is 0.305 e. The summed E-state index contributed by atoms with van der Waals surface area (Å²) in [5.41, 5.74) is 0.815. The molecule has 1 N–H and O–H groups in total. The molecule has 4 rings (SSSR count). The van der Waals surface area contributed by atoms with E-state index < -0.39 is 16.6 Å². The molecule has 1 aliphatic rings. The third-order valence-corrected chi connectivity index (χ3v) is 6.11. The lowest BCUT2D eigenvalue weighted by atomic mass is 10.2. The number of hydrogen-bond acceptors (Lipinski definition) is 6. The van der Waals surface area contributed by atoms with E-state index in [-0.39, 0.29) is 12.3 Å². The van der Waals surface area contributed by atoms with Crippen LogP contribution in [0, 0.1) is 0 Å². The lowest BCUT2D eigenvalue weighted by Crippen LogP contribution is -2.31. The second kappa shape index (κ2) is 5.95. The summed E-state index contributed by atoms with van der Waals surface area (Å²) in [5, 5.41) is 8.56. The maximum atomic E-state index is 12.8. The Morgan fingerprint density at radius 2 is 2.12 bits per heavy atom. The van der Waals surface area contributed by atoms with Gasteiger partial charge >= 0.3 is 5.97 Å². The molecule has 8 heteroatoms. The van der Waals surface area contributed by atoms with Crippen molar-refractivity contribution in [2.75, 3.05) is 4.90 Å². The maximum absolute atomic E-state index is 12.8. The molecule has 24 heavy (non-hydrogen) atoms. The topological polar surface area (TPSA) is 83.6 Å². The number of carbonyl (C=O) groups excluding carboxylic acids is 1. The molecule has 3 heterocycles. The van der Waals surface area contributed by atoms with Crippen molar-refractivity contribution in [1.82, 2.24) is 4.98 Å². The Bertz CT molecular complexity index is 873. The molecule has 1 saturated heterocycles. The summed E-state index contributed by atoms with van der Waals surface area (Å²) in [6.45, 7) is 0. The van der Waals surface area contributed by atoms with Crippen LogP contribution in [0.3, 0.4) is 0 Å². The molecule has 0 bridgehead atoms. The quantitative estimate of drug-likeness (QED) is 0.766. The number of thiazole rings is 1. The number of furan rings is 1. The average molecular weight is 360 g/mol. The normalized spacial score (nSPS) is 20.8. The Labute approximate surface area is 145 Å². The standard InChI is InChI=1S/C16H12N2O4S2/c19-13(20)8-12-14(21)18(15(23-12)10-5-3-7-22-10)16-17-9-4-1-2-6-11(9)24-16/h1-7,12,15H,8H2,(H,19,20). The molecule has 0 saturated carbocycles. The number of rotatable bonds is 4. The Morgan fingerprint density at radius 3 is 2.83 bits per heavy atom. The van der Waals surface area contributed by atoms with Gasteiger partial charge in [0, 0.05) is 0 Å². The number of aliphatic carboxylic acids is 1. The smallest absolute Gasteiger partial charge is 0.305 e. The van der Waals surface area contributed by atoms with E-state index >= 15 is 0 Å². The summed E-state index contributed by atoms with van der Waals surface area (Å²) in [6, 6.07) is 11.2. The molecule has 0 spiro atoms. The SMILES string of the molecule is O=C(O)CC1SC(c2ccco2)N(c2nc3ccccc3s2)C1=O. The molecule has 0 radical (unpaired) electrons. The van der Waals surface area contributed by atoms with Gasteiger partial charge in [-0.3, -0.25) is 14.5 Å². The number of benzene rings is 1. The van der Waals surface area contributed by atoms with Crippen LogP contribution in [0.15, 0.2) is 47.1 Å². The van der Waals surface area contributed by atoms with Crippen molar-refractivity contribution in [2.45, 2.75) is 17.0 Å². The van der Waals surface area contributed by atoms with Gasteiger partial charge in [0.2, 0.25) is 5.91 Å². The van der Waals surface area contributed by atoms with Gasteiger partial charge in [-0.15, -0.1) is 11.8 Å². The number of amides is 1. The van der Waals surface area contributed by atoms with Gasteiger partial charge < -0.3 is 9.52 Å². The highest BCUT2D eigenvalue weighted by Crippen LogP contribution is 2.48. The zero-order chi connectivity index (χ0) is 16.7. The highest BCUT2D eigenvalue weighted by Gasteiger charge is 2.45. The van der Waals surface area contributed by atoms with E-state index in [0.717, 1.165) is 10.2 Å². The fraction of sp³-hybridized carbons (Fsp3) is 0.188. The average Bonchev–Trinajstić information content (AvgIpc) is 3.26. The summed E-state index contributed by atoms with van der Waals surface area (Å²) in [4.78, 5) is 29.9. The Hall–Kier alpha value is -2.32. The number of anilines is 1. The van der Waals surface area contributed by atoms with Crippen molar-refractivity contribution in [3.05, 3.63) is 48.4 Å². The molecule has 0 aliphatic carbocycles. The van der Waals surface area contributed by atoms with Crippen molar-refractivity contribution in [1.29, 1.82) is 0 Å². The molecular formula is C16H12N2O4S2. The van der Waals surface area contributed by atoms with Crippen LogP contribution in [0.1, 0.15) is 17.6 Å². The van der Waals surface area contributed by atoms with Gasteiger partial charge in [0.25, 0.3) is 0 Å². The molecule has 1 fully saturated rings. The summed E-state index contributed by atoms with van der Waals surface area (Å²) in [5.74, 6) is -0.631. The van der Waals surface area contributed by atoms with Gasteiger partial charge in [0.1, 0.15) is 11.1 Å². The number of carboxylic acid groups (broad SMARTS) is 1. The number of hydrogen-bond donors (Lipinski definition) is 1. The first-order valence-corrected chi connectivity index (χ1v) is 8.99. The molecule has 1 aromatic carbocycles. The molecule has 2 aromatic heterocycles. The lowest BCUT2D eigenvalue weighted by molar-refractivity contribution is -0.138. The molecule has 3 aromatic rings. The molecule has 6 nitrogen and oxygen atoms in total. The predicted molar refractivity (Wildman–Crippen MR) is 92.2 cm³/mol. The largest absolute Gasteiger partial charge is 0.481 e. The number of carboxylic acids is 1. The summed E-state index contributed by atoms with van der Waals surface area (Å²) in [6.07, 6.45) is 1.32. The molecular weight excluding hydrogens is 348 g/mol. The van der Waals surface area contributed by atoms with Gasteiger partial charge in [0.15, 0.2) is 5.13 Å². The Kier molecular flexibility index (Phi) is 3.78. The van der Waals surface area contributed by atoms with Crippen molar-refractivity contribution in [3.8, 4) is 0 Å². The minimum atomic E-state index is -0.995. The zero-order valence-corrected chi connectivity index (χ0v) is 13.9. The fourth-order valence-corrected chi connectivity index (χ4v) is 5.06. The van der Waals surface area contributed by atoms with Crippen molar-refractivity contribution in [3.63, 3.8) is 0 Å². The molecule has 1 amide bonds. The van der Waals surface area contributed by atoms with Crippen molar-refractivity contribution < 1.29 is 19.1 Å². The first kappa shape index (κ1) is 15.2. The predicted octanol–water partition coefficient (Wildman–Crippen LogP) is 3.51. The summed E-state index contributed by atoms with van der Waals surface area (Å²) < 4.78 is 6.44. The van der Waals surface area contributed by atoms with E-state index in [1.165, 1.54) is 23.1 Å². The van der Waals surface area contributed by atoms with Gasteiger partial charge in [0.05, 0.1) is 28.2 Å². The van der Waals surface area contributed by atoms with Crippen LogP contribution >= 0.6 is 23.1 Å². The number of fused-ring (bicyclic) bond motifs is 1. The summed E-state index contributed by atoms with van der Waals surface area (Å²) in [7, 11) is 0. The second-order valence-electron chi connectivity index (χ2n) is 5.26. The molecule has 1 aliphatic heterocycles. The van der Waals surface area contributed by atoms with E-state index in [1.54, 1.807) is 23.3 Å². The van der Waals surface area contributed by atoms with Crippen molar-refractivity contribution >= 4 is 50.3 Å². The van der Waals surface area contributed by atoms with Crippen molar-refractivity contribution in [2.24, 2.45) is 0 Å². The van der Waals surface area contributed by atoms with Crippen LogP contribution in [-0.4, -0.2) is 27.2 Å². The minimum absolute atomic E-state index is 0.220. The van der Waals surface area contributed by atoms with Crippen LogP contribution in [-0.2, 0) is 9.59 Å². The highest BCUT2D eigenvalue weighted by atomic mass is 32.2. The van der Waals surface area contributed by atoms with Gasteiger partial charge in [-0.2, -0.15) is 0 Å². The third kappa shape index (κ3) is 2.57. The number of thioether (sulfide) groups is 1. The molecule has 122 valence electrons. The lowest BCUT2D eigenvalue weighted by Gasteiger charge is -2.18. The Balaban J connectivity index is 1.76. The highest BCUT2D eigenvalue weighted by molar-refractivity contribution is 8.01. The number of aromatic nitrogens is 1. The molecule has 2 atom stereocenters. The zero-order valence-electron chi connectivity index (χ0n) is 12.3. The summed E-state index contributed by atoms with van der Waals surface area (Å²) >= 11 is 2.70. The van der Waals surface area contributed by atoms with Crippen LogP contribution in [0.4, 0.5) is 5.13 Å². The molecule has 2 unspecified atom stereocenters. The second-order valence-corrected chi connectivity index (χ2v) is 7.56. The van der Waals surface area contributed by atoms with Gasteiger partial charge in [-0.1, -0.05) is 23.5 Å². The van der Waals surface area contributed by atoms with E-state index in [4.69, 9.17) is 9.52 Å². The van der Waals surface area contributed by atoms with E-state index in [0.29, 0.717) is 10.9 Å². The number of para-hydroxylation sites is 1. The number of carbonyl (C=O) groups is 2. The van der Waals surface area contributed by atoms with E-state index in [9.17, 15) is 9.59 Å². The van der Waals surface area contributed by atoms with Gasteiger partial charge in [-0.25, -0.2) is 4.98 Å². The van der Waals surface area contributed by atoms with E-state index in [2.05, 4.69) is 4.98 Å². The minimum Gasteiger partial charge on any atom is -0.481 e. The van der Waals surface area contributed by atoms with Gasteiger partial charge in [-0.05, 0) is 24.3 Å². The van der Waals surface area contributed by atoms with Crippen LogP contribution in [0.5, 0.6) is 0 Å². The third-order valence-electron chi connectivity index (χ3n) is 3.68. The van der Waals surface area contributed by atoms with E-state index in [1.807, 2.05) is 24.3 Å².